The van der Waals surface area contributed by atoms with E-state index in [0.29, 0.717) is 11.6 Å². The van der Waals surface area contributed by atoms with Crippen LogP contribution >= 0.6 is 0 Å². The molecule has 3 aromatic rings. The third kappa shape index (κ3) is 4.44. The van der Waals surface area contributed by atoms with E-state index in [9.17, 15) is 4.79 Å². The molecular weight excluding hydrogens is 320 g/mol. The van der Waals surface area contributed by atoms with Gasteiger partial charge in [-0.05, 0) is 26.0 Å². The van der Waals surface area contributed by atoms with Gasteiger partial charge in [-0.3, -0.25) is 0 Å². The van der Waals surface area contributed by atoms with E-state index in [1.807, 2.05) is 49.4 Å². The first-order valence-electron chi connectivity index (χ1n) is 7.90. The number of aromatic nitrogens is 2. The van der Waals surface area contributed by atoms with Gasteiger partial charge >= 0.3 is 5.97 Å². The molecule has 0 unspecified atom stereocenters. The van der Waals surface area contributed by atoms with Crippen LogP contribution in [0, 0.1) is 6.92 Å². The lowest BCUT2D eigenvalue weighted by molar-refractivity contribution is -0.153. The maximum atomic E-state index is 12.0. The fraction of sp³-hybridized carbons (Fsp3) is 0.211. The maximum Gasteiger partial charge on any atom is 0.347 e. The van der Waals surface area contributed by atoms with Gasteiger partial charge in [0.1, 0.15) is 5.75 Å². The Hall–Kier alpha value is -3.15. The highest BCUT2D eigenvalue weighted by Gasteiger charge is 2.18. The standard InChI is InChI=1S/C19H18N2O4/c1-13-8-10-15(11-9-13)18-20-17(25-21-18)12-23-19(22)14(2)24-16-6-4-3-5-7-16/h3-11,14H,12H2,1-2H3/t14-/m1/s1. The first kappa shape index (κ1) is 16.7. The van der Waals surface area contributed by atoms with E-state index in [1.54, 1.807) is 19.1 Å². The summed E-state index contributed by atoms with van der Waals surface area (Å²) >= 11 is 0. The Morgan fingerprint density at radius 2 is 1.84 bits per heavy atom. The highest BCUT2D eigenvalue weighted by atomic mass is 16.6. The SMILES string of the molecule is Cc1ccc(-c2noc(COC(=O)[C@@H](C)Oc3ccccc3)n2)cc1. The second-order valence-electron chi connectivity index (χ2n) is 5.56. The molecule has 6 heteroatoms. The second kappa shape index (κ2) is 7.61. The van der Waals surface area contributed by atoms with Crippen LogP contribution in [-0.2, 0) is 16.1 Å². The van der Waals surface area contributed by atoms with E-state index in [-0.39, 0.29) is 12.5 Å². The summed E-state index contributed by atoms with van der Waals surface area (Å²) < 4.78 is 15.8. The zero-order valence-electron chi connectivity index (χ0n) is 14.0. The minimum absolute atomic E-state index is 0.0970. The van der Waals surface area contributed by atoms with Crippen LogP contribution in [0.15, 0.2) is 59.1 Å². The highest BCUT2D eigenvalue weighted by molar-refractivity contribution is 5.74. The molecule has 0 fully saturated rings. The van der Waals surface area contributed by atoms with Crippen molar-refractivity contribution in [1.82, 2.24) is 10.1 Å². The number of ether oxygens (including phenoxy) is 2. The average molecular weight is 338 g/mol. The summed E-state index contributed by atoms with van der Waals surface area (Å²) in [6, 6.07) is 16.8. The zero-order chi connectivity index (χ0) is 17.6. The maximum absolute atomic E-state index is 12.0. The molecule has 0 saturated carbocycles. The Kier molecular flexibility index (Phi) is 5.09. The minimum atomic E-state index is -0.734. The van der Waals surface area contributed by atoms with Gasteiger partial charge in [-0.25, -0.2) is 4.79 Å². The number of nitrogens with zero attached hydrogens (tertiary/aromatic N) is 2. The van der Waals surface area contributed by atoms with E-state index in [1.165, 1.54) is 0 Å². The van der Waals surface area contributed by atoms with Crippen molar-refractivity contribution in [3.05, 3.63) is 66.1 Å². The Bertz CT molecular complexity index is 828. The molecule has 2 aromatic carbocycles. The third-order valence-corrected chi connectivity index (χ3v) is 3.50. The van der Waals surface area contributed by atoms with E-state index in [0.717, 1.165) is 11.1 Å². The van der Waals surface area contributed by atoms with Crippen LogP contribution in [0.5, 0.6) is 5.75 Å². The van der Waals surface area contributed by atoms with Crippen molar-refractivity contribution >= 4 is 5.97 Å². The van der Waals surface area contributed by atoms with E-state index in [2.05, 4.69) is 10.1 Å². The van der Waals surface area contributed by atoms with Crippen molar-refractivity contribution in [3.8, 4) is 17.1 Å². The van der Waals surface area contributed by atoms with E-state index >= 15 is 0 Å². The first-order valence-corrected chi connectivity index (χ1v) is 7.90. The van der Waals surface area contributed by atoms with Crippen molar-refractivity contribution in [2.75, 3.05) is 0 Å². The van der Waals surface area contributed by atoms with Gasteiger partial charge in [-0.2, -0.15) is 4.98 Å². The second-order valence-corrected chi connectivity index (χ2v) is 5.56. The van der Waals surface area contributed by atoms with Crippen LogP contribution in [0.3, 0.4) is 0 Å². The molecular formula is C19H18N2O4. The molecule has 0 spiro atoms. The molecule has 1 heterocycles. The third-order valence-electron chi connectivity index (χ3n) is 3.50. The average Bonchev–Trinajstić information content (AvgIpc) is 3.10. The van der Waals surface area contributed by atoms with Gasteiger partial charge in [0.15, 0.2) is 12.7 Å². The summed E-state index contributed by atoms with van der Waals surface area (Å²) in [5.74, 6) is 0.792. The summed E-state index contributed by atoms with van der Waals surface area (Å²) in [6.45, 7) is 3.53. The summed E-state index contributed by atoms with van der Waals surface area (Å²) in [7, 11) is 0. The van der Waals surface area contributed by atoms with Gasteiger partial charge in [0.25, 0.3) is 5.89 Å². The molecule has 25 heavy (non-hydrogen) atoms. The minimum Gasteiger partial charge on any atom is -0.479 e. The molecule has 0 N–H and O–H groups in total. The van der Waals surface area contributed by atoms with Crippen molar-refractivity contribution in [3.63, 3.8) is 0 Å². The Labute approximate surface area is 145 Å². The van der Waals surface area contributed by atoms with Gasteiger partial charge < -0.3 is 14.0 Å². The van der Waals surface area contributed by atoms with E-state index in [4.69, 9.17) is 14.0 Å². The lowest BCUT2D eigenvalue weighted by Gasteiger charge is -2.12. The predicted octanol–water partition coefficient (Wildman–Crippen LogP) is 3.56. The molecule has 0 saturated heterocycles. The van der Waals surface area contributed by atoms with Crippen molar-refractivity contribution in [1.29, 1.82) is 0 Å². The van der Waals surface area contributed by atoms with Crippen molar-refractivity contribution in [2.45, 2.75) is 26.6 Å². The molecule has 3 rings (SSSR count). The van der Waals surface area contributed by atoms with Crippen LogP contribution < -0.4 is 4.74 Å². The van der Waals surface area contributed by atoms with Gasteiger partial charge in [-0.15, -0.1) is 0 Å². The molecule has 0 aliphatic rings. The lowest BCUT2D eigenvalue weighted by atomic mass is 10.1. The van der Waals surface area contributed by atoms with Gasteiger partial charge in [0, 0.05) is 5.56 Å². The first-order chi connectivity index (χ1) is 12.1. The topological polar surface area (TPSA) is 74.5 Å². The van der Waals surface area contributed by atoms with Crippen LogP contribution in [0.2, 0.25) is 0 Å². The fourth-order valence-corrected chi connectivity index (χ4v) is 2.13. The molecule has 0 radical (unpaired) electrons. The number of hydrogen-bond acceptors (Lipinski definition) is 6. The molecule has 0 aliphatic carbocycles. The molecule has 0 bridgehead atoms. The Balaban J connectivity index is 1.54. The van der Waals surface area contributed by atoms with Gasteiger partial charge in [0.05, 0.1) is 0 Å². The number of benzene rings is 2. The molecule has 0 aliphatic heterocycles. The largest absolute Gasteiger partial charge is 0.479 e. The molecule has 128 valence electrons. The van der Waals surface area contributed by atoms with E-state index < -0.39 is 12.1 Å². The summed E-state index contributed by atoms with van der Waals surface area (Å²) in [4.78, 5) is 16.2. The lowest BCUT2D eigenvalue weighted by Crippen LogP contribution is -2.26. The number of para-hydroxylation sites is 1. The number of hydrogen-bond donors (Lipinski definition) is 0. The fourth-order valence-electron chi connectivity index (χ4n) is 2.13. The number of aryl methyl sites for hydroxylation is 1. The molecule has 1 aromatic heterocycles. The smallest absolute Gasteiger partial charge is 0.347 e. The monoisotopic (exact) mass is 338 g/mol. The Morgan fingerprint density at radius 3 is 2.56 bits per heavy atom. The van der Waals surface area contributed by atoms with Crippen molar-refractivity contribution in [2.24, 2.45) is 0 Å². The highest BCUT2D eigenvalue weighted by Crippen LogP contribution is 2.17. The number of esters is 1. The van der Waals surface area contributed by atoms with Crippen LogP contribution in [-0.4, -0.2) is 22.2 Å². The van der Waals surface area contributed by atoms with Gasteiger partial charge in [0.2, 0.25) is 5.82 Å². The zero-order valence-corrected chi connectivity index (χ0v) is 14.0. The van der Waals surface area contributed by atoms with Crippen LogP contribution in [0.1, 0.15) is 18.4 Å². The van der Waals surface area contributed by atoms with Gasteiger partial charge in [-0.1, -0.05) is 53.2 Å². The van der Waals surface area contributed by atoms with Crippen LogP contribution in [0.25, 0.3) is 11.4 Å². The van der Waals surface area contributed by atoms with Crippen molar-refractivity contribution < 1.29 is 18.8 Å². The number of carbonyl (C=O) groups excluding carboxylic acids is 1. The molecule has 0 amide bonds. The van der Waals surface area contributed by atoms with Crippen LogP contribution in [0.4, 0.5) is 0 Å². The summed E-state index contributed by atoms with van der Waals surface area (Å²) in [5, 5.41) is 3.90. The molecule has 1 atom stereocenters. The molecule has 6 nitrogen and oxygen atoms in total. The number of rotatable bonds is 6. The summed E-state index contributed by atoms with van der Waals surface area (Å²) in [5.41, 5.74) is 1.99. The quantitative estimate of drug-likeness (QED) is 0.640. The Morgan fingerprint density at radius 1 is 1.12 bits per heavy atom. The number of carbonyl (C=O) groups is 1. The summed E-state index contributed by atoms with van der Waals surface area (Å²) in [6.07, 6.45) is -0.734. The normalized spacial score (nSPS) is 11.8. The predicted molar refractivity (Wildman–Crippen MR) is 90.8 cm³/mol.